The third-order valence-electron chi connectivity index (χ3n) is 3.69. The quantitative estimate of drug-likeness (QED) is 0.495. The summed E-state index contributed by atoms with van der Waals surface area (Å²) in [6.45, 7) is 9.62. The highest BCUT2D eigenvalue weighted by atomic mass is 35.5. The van der Waals surface area contributed by atoms with E-state index in [0.29, 0.717) is 5.02 Å². The summed E-state index contributed by atoms with van der Waals surface area (Å²) in [5.41, 5.74) is 12.5. The van der Waals surface area contributed by atoms with E-state index in [1.54, 1.807) is 12.1 Å². The molecule has 0 aliphatic carbocycles. The van der Waals surface area contributed by atoms with Crippen LogP contribution < -0.4 is 16.8 Å². The van der Waals surface area contributed by atoms with Gasteiger partial charge in [-0.25, -0.2) is 4.99 Å². The molecule has 24 heavy (non-hydrogen) atoms. The lowest BCUT2D eigenvalue weighted by molar-refractivity contribution is 0.294. The molecule has 5 N–H and O–H groups in total. The molecule has 1 atom stereocenters. The number of nitrogens with zero attached hydrogens (tertiary/aromatic N) is 3. The predicted molar refractivity (Wildman–Crippen MR) is 105 cm³/mol. The summed E-state index contributed by atoms with van der Waals surface area (Å²) in [5, 5.41) is 3.61. The molecule has 6 nitrogen and oxygen atoms in total. The Balaban J connectivity index is 2.47. The largest absolute Gasteiger partial charge is 0.369 e. The van der Waals surface area contributed by atoms with Gasteiger partial charge < -0.3 is 21.7 Å². The van der Waals surface area contributed by atoms with Gasteiger partial charge in [0.25, 0.3) is 0 Å². The number of hydrogen-bond donors (Lipinski definition) is 3. The number of hydrogen-bond acceptors (Lipinski definition) is 2. The SMILES string of the molecule is CCN(CC)CCCC(C)N=C(N)/N=C(\N)Nc1ccc(Cl)cc1. The molecule has 1 rings (SSSR count). The Hall–Kier alpha value is -1.79. The molecule has 134 valence electrons. The first-order chi connectivity index (χ1) is 11.4. The van der Waals surface area contributed by atoms with E-state index in [2.05, 4.69) is 34.0 Å². The molecule has 1 unspecified atom stereocenters. The van der Waals surface area contributed by atoms with Crippen molar-refractivity contribution in [3.63, 3.8) is 0 Å². The number of anilines is 1. The molecule has 0 spiro atoms. The minimum atomic E-state index is 0.118. The summed E-state index contributed by atoms with van der Waals surface area (Å²) < 4.78 is 0. The maximum absolute atomic E-state index is 5.85. The van der Waals surface area contributed by atoms with Crippen molar-refractivity contribution >= 4 is 29.2 Å². The van der Waals surface area contributed by atoms with Crippen LogP contribution in [0.4, 0.5) is 5.69 Å². The van der Waals surface area contributed by atoms with Gasteiger partial charge in [0.2, 0.25) is 11.9 Å². The van der Waals surface area contributed by atoms with Gasteiger partial charge in [-0.1, -0.05) is 25.4 Å². The van der Waals surface area contributed by atoms with Gasteiger partial charge >= 0.3 is 0 Å². The molecule has 0 aliphatic heterocycles. The highest BCUT2D eigenvalue weighted by Gasteiger charge is 2.04. The van der Waals surface area contributed by atoms with E-state index < -0.39 is 0 Å². The molecule has 0 heterocycles. The fourth-order valence-electron chi connectivity index (χ4n) is 2.30. The van der Waals surface area contributed by atoms with E-state index in [-0.39, 0.29) is 18.0 Å². The molecule has 0 saturated heterocycles. The number of nitrogens with two attached hydrogens (primary N) is 2. The van der Waals surface area contributed by atoms with Crippen LogP contribution in [0.1, 0.15) is 33.6 Å². The van der Waals surface area contributed by atoms with Crippen LogP contribution in [-0.4, -0.2) is 42.5 Å². The summed E-state index contributed by atoms with van der Waals surface area (Å²) in [5.74, 6) is 0.387. The molecule has 0 aliphatic rings. The molecular weight excluding hydrogens is 324 g/mol. The third-order valence-corrected chi connectivity index (χ3v) is 3.95. The van der Waals surface area contributed by atoms with Crippen molar-refractivity contribution in [1.29, 1.82) is 0 Å². The lowest BCUT2D eigenvalue weighted by Crippen LogP contribution is -2.27. The van der Waals surface area contributed by atoms with Crippen molar-refractivity contribution in [1.82, 2.24) is 4.90 Å². The second kappa shape index (κ2) is 10.9. The van der Waals surface area contributed by atoms with E-state index in [0.717, 1.165) is 38.2 Å². The molecule has 1 aromatic carbocycles. The monoisotopic (exact) mass is 352 g/mol. The predicted octanol–water partition coefficient (Wildman–Crippen LogP) is 2.89. The Bertz CT molecular complexity index is 537. The van der Waals surface area contributed by atoms with Crippen LogP contribution in [-0.2, 0) is 0 Å². The van der Waals surface area contributed by atoms with Gasteiger partial charge in [-0.15, -0.1) is 0 Å². The van der Waals surface area contributed by atoms with E-state index in [4.69, 9.17) is 23.1 Å². The van der Waals surface area contributed by atoms with Crippen molar-refractivity contribution in [3.8, 4) is 0 Å². The summed E-state index contributed by atoms with van der Waals surface area (Å²) in [7, 11) is 0. The van der Waals surface area contributed by atoms with Crippen LogP contribution in [0.3, 0.4) is 0 Å². The van der Waals surface area contributed by atoms with E-state index >= 15 is 0 Å². The van der Waals surface area contributed by atoms with Gasteiger partial charge in [0.1, 0.15) is 0 Å². The highest BCUT2D eigenvalue weighted by Crippen LogP contribution is 2.12. The molecule has 0 aromatic heterocycles. The van der Waals surface area contributed by atoms with Crippen molar-refractivity contribution in [3.05, 3.63) is 29.3 Å². The van der Waals surface area contributed by atoms with Crippen LogP contribution in [0.15, 0.2) is 34.3 Å². The first-order valence-electron chi connectivity index (χ1n) is 8.37. The van der Waals surface area contributed by atoms with Gasteiger partial charge in [0.15, 0.2) is 0 Å². The van der Waals surface area contributed by atoms with E-state index in [1.165, 1.54) is 0 Å². The van der Waals surface area contributed by atoms with Gasteiger partial charge in [-0.2, -0.15) is 4.99 Å². The van der Waals surface area contributed by atoms with Crippen LogP contribution in [0, 0.1) is 0 Å². The number of aliphatic imine (C=N–C) groups is 2. The van der Waals surface area contributed by atoms with Gasteiger partial charge in [-0.3, -0.25) is 0 Å². The van der Waals surface area contributed by atoms with Crippen LogP contribution in [0.25, 0.3) is 0 Å². The molecule has 1 aromatic rings. The second-order valence-electron chi connectivity index (χ2n) is 5.63. The Labute approximate surface area is 150 Å². The van der Waals surface area contributed by atoms with Crippen molar-refractivity contribution in [2.24, 2.45) is 21.5 Å². The maximum atomic E-state index is 5.85. The molecule has 0 fully saturated rings. The molecule has 7 heteroatoms. The third kappa shape index (κ3) is 8.17. The summed E-state index contributed by atoms with van der Waals surface area (Å²) in [4.78, 5) is 10.8. The minimum Gasteiger partial charge on any atom is -0.369 e. The van der Waals surface area contributed by atoms with Crippen molar-refractivity contribution < 1.29 is 0 Å². The van der Waals surface area contributed by atoms with E-state index in [1.807, 2.05) is 19.1 Å². The average molecular weight is 353 g/mol. The fraction of sp³-hybridized carbons (Fsp3) is 0.529. The lowest BCUT2D eigenvalue weighted by atomic mass is 10.2. The highest BCUT2D eigenvalue weighted by molar-refractivity contribution is 6.30. The minimum absolute atomic E-state index is 0.118. The first-order valence-corrected chi connectivity index (χ1v) is 8.74. The van der Waals surface area contributed by atoms with Gasteiger partial charge in [0, 0.05) is 10.7 Å². The van der Waals surface area contributed by atoms with E-state index in [9.17, 15) is 0 Å². The Morgan fingerprint density at radius 3 is 2.42 bits per heavy atom. The number of nitrogens with one attached hydrogen (secondary N) is 1. The number of benzene rings is 1. The molecule has 0 saturated carbocycles. The molecular formula is C17H29ClN6. The summed E-state index contributed by atoms with van der Waals surface area (Å²) in [6.07, 6.45) is 2.05. The topological polar surface area (TPSA) is 92.0 Å². The normalized spacial score (nSPS) is 14.0. The zero-order chi connectivity index (χ0) is 17.9. The zero-order valence-corrected chi connectivity index (χ0v) is 15.6. The smallest absolute Gasteiger partial charge is 0.218 e. The fourth-order valence-corrected chi connectivity index (χ4v) is 2.43. The van der Waals surface area contributed by atoms with Crippen molar-refractivity contribution in [2.75, 3.05) is 25.0 Å². The van der Waals surface area contributed by atoms with Crippen LogP contribution in [0.2, 0.25) is 5.02 Å². The number of rotatable bonds is 8. The Morgan fingerprint density at radius 1 is 1.21 bits per heavy atom. The lowest BCUT2D eigenvalue weighted by Gasteiger charge is -2.18. The van der Waals surface area contributed by atoms with Crippen LogP contribution in [0.5, 0.6) is 0 Å². The van der Waals surface area contributed by atoms with Crippen molar-refractivity contribution in [2.45, 2.75) is 39.7 Å². The second-order valence-corrected chi connectivity index (χ2v) is 6.07. The maximum Gasteiger partial charge on any atom is 0.218 e. The first kappa shape index (κ1) is 20.3. The van der Waals surface area contributed by atoms with Gasteiger partial charge in [0.05, 0.1) is 6.04 Å². The number of halogens is 1. The standard InChI is InChI=1S/C17H29ClN6/c1-4-24(5-2)12-6-7-13(3)21-16(19)23-17(20)22-15-10-8-14(18)9-11-15/h8-11,13H,4-7,12H2,1-3H3,(H5,19,20,21,22,23). The molecule has 0 amide bonds. The Kier molecular flexibility index (Phi) is 9.19. The van der Waals surface area contributed by atoms with Gasteiger partial charge in [-0.05, 0) is 63.7 Å². The molecule has 0 bridgehead atoms. The number of guanidine groups is 2. The molecule has 0 radical (unpaired) electrons. The zero-order valence-electron chi connectivity index (χ0n) is 14.8. The van der Waals surface area contributed by atoms with Crippen LogP contribution >= 0.6 is 11.6 Å². The summed E-state index contributed by atoms with van der Waals surface area (Å²) in [6, 6.07) is 7.29. The average Bonchev–Trinajstić information content (AvgIpc) is 2.53. The summed E-state index contributed by atoms with van der Waals surface area (Å²) >= 11 is 5.84. The Morgan fingerprint density at radius 2 is 1.83 bits per heavy atom.